The second kappa shape index (κ2) is 10.9. The van der Waals surface area contributed by atoms with Crippen molar-refractivity contribution in [1.82, 2.24) is 24.6 Å². The summed E-state index contributed by atoms with van der Waals surface area (Å²) < 4.78 is 37.6. The van der Waals surface area contributed by atoms with E-state index in [1.165, 1.54) is 19.6 Å². The summed E-state index contributed by atoms with van der Waals surface area (Å²) >= 11 is 0. The highest BCUT2D eigenvalue weighted by Crippen LogP contribution is 2.46. The number of fused-ring (bicyclic) bond motifs is 1. The van der Waals surface area contributed by atoms with E-state index in [0.29, 0.717) is 11.2 Å². The Hall–Kier alpha value is -3.09. The third-order valence-electron chi connectivity index (χ3n) is 5.28. The second-order valence-electron chi connectivity index (χ2n) is 8.57. The van der Waals surface area contributed by atoms with Crippen molar-refractivity contribution >= 4 is 30.7 Å². The summed E-state index contributed by atoms with van der Waals surface area (Å²) in [7, 11) is -4.06. The number of aromatic nitrogens is 4. The molecule has 0 amide bonds. The van der Waals surface area contributed by atoms with Crippen LogP contribution in [0.2, 0.25) is 0 Å². The number of rotatable bonds is 10. The lowest BCUT2D eigenvalue weighted by Gasteiger charge is -2.24. The topological polar surface area (TPSA) is 173 Å². The highest BCUT2D eigenvalue weighted by Gasteiger charge is 2.39. The molecule has 1 aliphatic rings. The maximum atomic E-state index is 13.6. The molecule has 36 heavy (non-hydrogen) atoms. The van der Waals surface area contributed by atoms with Crippen molar-refractivity contribution in [3.05, 3.63) is 43.0 Å². The van der Waals surface area contributed by atoms with Gasteiger partial charge in [0.15, 0.2) is 17.7 Å². The zero-order chi connectivity index (χ0) is 25.9. The van der Waals surface area contributed by atoms with Crippen LogP contribution in [0.3, 0.4) is 0 Å². The van der Waals surface area contributed by atoms with Crippen molar-refractivity contribution in [3.63, 3.8) is 0 Å². The number of carbonyl (C=O) groups excluding carboxylic acids is 1. The number of hydrogen-bond donors (Lipinski definition) is 3. The van der Waals surface area contributed by atoms with Gasteiger partial charge in [0.2, 0.25) is 0 Å². The van der Waals surface area contributed by atoms with Crippen LogP contribution >= 0.6 is 7.75 Å². The third kappa shape index (κ3) is 6.00. The summed E-state index contributed by atoms with van der Waals surface area (Å²) in [6, 6.07) is 7.44. The van der Waals surface area contributed by atoms with Gasteiger partial charge in [-0.1, -0.05) is 18.2 Å². The summed E-state index contributed by atoms with van der Waals surface area (Å²) in [6.07, 6.45) is 0.207. The van der Waals surface area contributed by atoms with Crippen LogP contribution in [0.15, 0.2) is 43.0 Å². The SMILES string of the molecule is CC(C)OC(=O)[C@H](C)NP(=O)(OC[C@@H]1C[C@@H](O)[C@H](n2cnc3c(N)ncnc32)O1)Oc1ccccc1. The Morgan fingerprint density at radius 1 is 1.28 bits per heavy atom. The number of nitrogens with zero attached hydrogens (tertiary/aromatic N) is 4. The van der Waals surface area contributed by atoms with Crippen molar-refractivity contribution in [2.24, 2.45) is 0 Å². The fourth-order valence-corrected chi connectivity index (χ4v) is 5.18. The van der Waals surface area contributed by atoms with Gasteiger partial charge in [0.25, 0.3) is 0 Å². The molecule has 0 spiro atoms. The first kappa shape index (κ1) is 26.0. The molecule has 1 fully saturated rings. The number of benzene rings is 1. The lowest BCUT2D eigenvalue weighted by molar-refractivity contribution is -0.149. The van der Waals surface area contributed by atoms with E-state index in [-0.39, 0.29) is 30.7 Å². The third-order valence-corrected chi connectivity index (χ3v) is 6.93. The standard InChI is InChI=1S/C22H29N6O7P/c1-13(2)33-22(30)14(3)27-36(31,35-15-7-5-4-6-8-15)32-10-16-9-17(29)21(34-16)28-12-26-18-19(23)24-11-25-20(18)28/h4-8,11-14,16-17,21,29H,9-10H2,1-3H3,(H,27,31)(H2,23,24,25)/t14-,16-,17+,21+,36?/m0/s1. The second-order valence-corrected chi connectivity index (χ2v) is 10.3. The molecule has 5 atom stereocenters. The minimum Gasteiger partial charge on any atom is -0.462 e. The van der Waals surface area contributed by atoms with Crippen molar-refractivity contribution in [3.8, 4) is 5.75 Å². The van der Waals surface area contributed by atoms with Crippen molar-refractivity contribution < 1.29 is 33.0 Å². The van der Waals surface area contributed by atoms with Crippen LogP contribution in [0, 0.1) is 0 Å². The number of aliphatic hydroxyl groups is 1. The number of para-hydroxylation sites is 1. The number of anilines is 1. The van der Waals surface area contributed by atoms with E-state index >= 15 is 0 Å². The van der Waals surface area contributed by atoms with E-state index in [0.717, 1.165) is 0 Å². The predicted octanol–water partition coefficient (Wildman–Crippen LogP) is 2.19. The number of nitrogens with one attached hydrogen (secondary N) is 1. The molecule has 14 heteroatoms. The molecule has 13 nitrogen and oxygen atoms in total. The minimum atomic E-state index is -4.06. The molecule has 1 saturated heterocycles. The molecule has 1 unspecified atom stereocenters. The van der Waals surface area contributed by atoms with Crippen LogP contribution in [-0.4, -0.2) is 61.6 Å². The molecule has 0 saturated carbocycles. The average Bonchev–Trinajstić information content (AvgIpc) is 3.41. The Morgan fingerprint density at radius 3 is 2.75 bits per heavy atom. The summed E-state index contributed by atoms with van der Waals surface area (Å²) in [6.45, 7) is 4.73. The molecule has 3 aromatic rings. The molecular weight excluding hydrogens is 491 g/mol. The predicted molar refractivity (Wildman–Crippen MR) is 129 cm³/mol. The first-order valence-electron chi connectivity index (χ1n) is 11.4. The Bertz CT molecular complexity index is 1240. The maximum Gasteiger partial charge on any atom is 0.459 e. The number of ether oxygens (including phenoxy) is 2. The van der Waals surface area contributed by atoms with Gasteiger partial charge in [-0.2, -0.15) is 5.09 Å². The van der Waals surface area contributed by atoms with Gasteiger partial charge >= 0.3 is 13.7 Å². The fourth-order valence-electron chi connectivity index (χ4n) is 3.66. The molecule has 4 rings (SSSR count). The molecule has 3 heterocycles. The van der Waals surface area contributed by atoms with E-state index in [9.17, 15) is 14.5 Å². The number of hydrogen-bond acceptors (Lipinski definition) is 11. The minimum absolute atomic E-state index is 0.182. The van der Waals surface area contributed by atoms with Gasteiger partial charge in [0.05, 0.1) is 25.1 Å². The van der Waals surface area contributed by atoms with E-state index in [4.69, 9.17) is 24.3 Å². The van der Waals surface area contributed by atoms with Crippen LogP contribution in [-0.2, 0) is 23.4 Å². The van der Waals surface area contributed by atoms with Crippen LogP contribution in [0.5, 0.6) is 5.75 Å². The van der Waals surface area contributed by atoms with Crippen LogP contribution in [0.1, 0.15) is 33.4 Å². The summed E-state index contributed by atoms with van der Waals surface area (Å²) in [4.78, 5) is 24.6. The molecule has 0 bridgehead atoms. The lowest BCUT2D eigenvalue weighted by Crippen LogP contribution is -2.36. The van der Waals surface area contributed by atoms with Gasteiger partial charge in [-0.25, -0.2) is 19.5 Å². The quantitative estimate of drug-likeness (QED) is 0.263. The Balaban J connectivity index is 1.46. The number of nitrogen functional groups attached to an aromatic ring is 1. The van der Waals surface area contributed by atoms with Gasteiger partial charge < -0.3 is 24.8 Å². The van der Waals surface area contributed by atoms with Gasteiger partial charge in [0.1, 0.15) is 29.7 Å². The molecule has 4 N–H and O–H groups in total. The molecular formula is C22H29N6O7P. The van der Waals surface area contributed by atoms with Crippen molar-refractivity contribution in [1.29, 1.82) is 0 Å². The monoisotopic (exact) mass is 520 g/mol. The van der Waals surface area contributed by atoms with Gasteiger partial charge in [-0.3, -0.25) is 13.9 Å². The molecule has 2 aromatic heterocycles. The molecule has 194 valence electrons. The highest BCUT2D eigenvalue weighted by atomic mass is 31.2. The van der Waals surface area contributed by atoms with Crippen LogP contribution in [0.4, 0.5) is 5.82 Å². The first-order chi connectivity index (χ1) is 17.1. The molecule has 0 aliphatic carbocycles. The lowest BCUT2D eigenvalue weighted by atomic mass is 10.2. The molecule has 0 radical (unpaired) electrons. The van der Waals surface area contributed by atoms with Crippen LogP contribution < -0.4 is 15.3 Å². The first-order valence-corrected chi connectivity index (χ1v) is 12.9. The van der Waals surface area contributed by atoms with Crippen molar-refractivity contribution in [2.75, 3.05) is 12.3 Å². The normalized spacial score (nSPS) is 22.4. The maximum absolute atomic E-state index is 13.6. The van der Waals surface area contributed by atoms with Gasteiger partial charge in [0, 0.05) is 6.42 Å². The van der Waals surface area contributed by atoms with E-state index in [1.54, 1.807) is 48.7 Å². The van der Waals surface area contributed by atoms with Crippen molar-refractivity contribution in [2.45, 2.75) is 57.8 Å². The summed E-state index contributed by atoms with van der Waals surface area (Å²) in [5.74, 6) is -0.113. The number of imidazole rings is 1. The zero-order valence-corrected chi connectivity index (χ0v) is 20.9. The summed E-state index contributed by atoms with van der Waals surface area (Å²) in [5.41, 5.74) is 6.64. The average molecular weight is 520 g/mol. The van der Waals surface area contributed by atoms with E-state index < -0.39 is 38.2 Å². The Kier molecular flexibility index (Phi) is 7.86. The highest BCUT2D eigenvalue weighted by molar-refractivity contribution is 7.52. The molecule has 1 aromatic carbocycles. The zero-order valence-electron chi connectivity index (χ0n) is 20.1. The van der Waals surface area contributed by atoms with Crippen LogP contribution in [0.25, 0.3) is 11.2 Å². The number of aliphatic hydroxyl groups excluding tert-OH is 1. The fraction of sp³-hybridized carbons (Fsp3) is 0.455. The summed E-state index contributed by atoms with van der Waals surface area (Å²) in [5, 5.41) is 13.3. The van der Waals surface area contributed by atoms with E-state index in [2.05, 4.69) is 20.0 Å². The smallest absolute Gasteiger partial charge is 0.459 e. The Labute approximate surface area is 207 Å². The van der Waals surface area contributed by atoms with Gasteiger partial charge in [-0.15, -0.1) is 0 Å². The number of nitrogens with two attached hydrogens (primary N) is 1. The van der Waals surface area contributed by atoms with Gasteiger partial charge in [-0.05, 0) is 32.9 Å². The number of esters is 1. The Morgan fingerprint density at radius 2 is 2.03 bits per heavy atom. The number of carbonyl (C=O) groups is 1. The molecule has 1 aliphatic heterocycles. The van der Waals surface area contributed by atoms with E-state index in [1.807, 2.05) is 0 Å². The largest absolute Gasteiger partial charge is 0.462 e.